The van der Waals surface area contributed by atoms with Crippen LogP contribution in [0.2, 0.25) is 0 Å². The number of rotatable bonds is 3. The number of halogens is 2. The summed E-state index contributed by atoms with van der Waals surface area (Å²) in [6, 6.07) is 20.5. The molecule has 3 aromatic rings. The molecule has 100 valence electrons. The van der Waals surface area contributed by atoms with Crippen LogP contribution in [-0.4, -0.2) is 9.78 Å². The first-order chi connectivity index (χ1) is 9.78. The molecule has 1 aromatic heterocycles. The van der Waals surface area contributed by atoms with E-state index in [1.54, 1.807) is 0 Å². The second-order valence-corrected chi connectivity index (χ2v) is 5.89. The van der Waals surface area contributed by atoms with Crippen molar-refractivity contribution in [2.75, 3.05) is 0 Å². The van der Waals surface area contributed by atoms with E-state index in [0.29, 0.717) is 0 Å². The molecule has 0 unspecified atom stereocenters. The van der Waals surface area contributed by atoms with Gasteiger partial charge in [0.2, 0.25) is 0 Å². The van der Waals surface area contributed by atoms with Crippen LogP contribution < -0.4 is 0 Å². The van der Waals surface area contributed by atoms with E-state index in [0.717, 1.165) is 32.4 Å². The average molecular weight is 392 g/mol. The Labute approximate surface area is 134 Å². The fraction of sp³-hybridized carbons (Fsp3) is 0.0625. The Bertz CT molecular complexity index is 703. The van der Waals surface area contributed by atoms with Crippen LogP contribution in [0.5, 0.6) is 0 Å². The van der Waals surface area contributed by atoms with Crippen LogP contribution in [-0.2, 0) is 5.33 Å². The van der Waals surface area contributed by atoms with Crippen molar-refractivity contribution in [1.82, 2.24) is 9.78 Å². The third-order valence-electron chi connectivity index (χ3n) is 3.06. The molecule has 0 atom stereocenters. The summed E-state index contributed by atoms with van der Waals surface area (Å²) in [4.78, 5) is 0. The molecular formula is C16H12Br2N2. The summed E-state index contributed by atoms with van der Waals surface area (Å²) in [5, 5.41) is 5.49. The molecule has 0 amide bonds. The maximum Gasteiger partial charge on any atom is 0.0930 e. The first kappa shape index (κ1) is 13.6. The van der Waals surface area contributed by atoms with E-state index >= 15 is 0 Å². The molecule has 1 heterocycles. The van der Waals surface area contributed by atoms with E-state index in [-0.39, 0.29) is 0 Å². The van der Waals surface area contributed by atoms with Gasteiger partial charge in [0.05, 0.1) is 17.1 Å². The molecule has 0 bridgehead atoms. The highest BCUT2D eigenvalue weighted by Gasteiger charge is 2.10. The molecule has 0 saturated heterocycles. The Hall–Kier alpha value is -1.39. The van der Waals surface area contributed by atoms with Crippen molar-refractivity contribution in [2.45, 2.75) is 5.33 Å². The maximum absolute atomic E-state index is 4.72. The quantitative estimate of drug-likeness (QED) is 0.561. The minimum atomic E-state index is 0.767. The SMILES string of the molecule is BrCc1cc(-c2ccccc2)nn1-c1ccc(Br)cc1. The highest BCUT2D eigenvalue weighted by atomic mass is 79.9. The zero-order valence-corrected chi connectivity index (χ0v) is 13.8. The van der Waals surface area contributed by atoms with E-state index in [4.69, 9.17) is 5.10 Å². The van der Waals surface area contributed by atoms with Gasteiger partial charge in [-0.3, -0.25) is 0 Å². The minimum Gasteiger partial charge on any atom is -0.236 e. The van der Waals surface area contributed by atoms with Crippen molar-refractivity contribution >= 4 is 31.9 Å². The Kier molecular flexibility index (Phi) is 4.03. The number of alkyl halides is 1. The first-order valence-corrected chi connectivity index (χ1v) is 8.15. The second-order valence-electron chi connectivity index (χ2n) is 4.41. The van der Waals surface area contributed by atoms with Gasteiger partial charge in [-0.2, -0.15) is 5.10 Å². The molecule has 0 fully saturated rings. The first-order valence-electron chi connectivity index (χ1n) is 6.24. The van der Waals surface area contributed by atoms with Crippen LogP contribution in [0.1, 0.15) is 5.69 Å². The number of hydrogen-bond donors (Lipinski definition) is 0. The zero-order chi connectivity index (χ0) is 13.9. The highest BCUT2D eigenvalue weighted by Crippen LogP contribution is 2.23. The van der Waals surface area contributed by atoms with Gasteiger partial charge in [-0.05, 0) is 30.3 Å². The van der Waals surface area contributed by atoms with Gasteiger partial charge in [0.25, 0.3) is 0 Å². The topological polar surface area (TPSA) is 17.8 Å². The second kappa shape index (κ2) is 5.94. The molecule has 2 aromatic carbocycles. The number of hydrogen-bond acceptors (Lipinski definition) is 1. The zero-order valence-electron chi connectivity index (χ0n) is 10.6. The predicted octanol–water partition coefficient (Wildman–Crippen LogP) is 5.20. The van der Waals surface area contributed by atoms with E-state index in [9.17, 15) is 0 Å². The molecule has 0 saturated carbocycles. The lowest BCUT2D eigenvalue weighted by atomic mass is 10.1. The van der Waals surface area contributed by atoms with Crippen LogP contribution in [0.25, 0.3) is 16.9 Å². The Balaban J connectivity index is 2.07. The molecule has 3 rings (SSSR count). The lowest BCUT2D eigenvalue weighted by Crippen LogP contribution is -2.00. The van der Waals surface area contributed by atoms with E-state index in [2.05, 4.69) is 62.2 Å². The highest BCUT2D eigenvalue weighted by molar-refractivity contribution is 9.10. The lowest BCUT2D eigenvalue weighted by Gasteiger charge is -2.05. The summed E-state index contributed by atoms with van der Waals surface area (Å²) in [6.07, 6.45) is 0. The Morgan fingerprint density at radius 1 is 0.950 bits per heavy atom. The lowest BCUT2D eigenvalue weighted by molar-refractivity contribution is 0.846. The molecule has 0 aliphatic rings. The fourth-order valence-electron chi connectivity index (χ4n) is 2.07. The third-order valence-corrected chi connectivity index (χ3v) is 4.16. The van der Waals surface area contributed by atoms with Crippen molar-refractivity contribution in [1.29, 1.82) is 0 Å². The molecule has 0 radical (unpaired) electrons. The summed E-state index contributed by atoms with van der Waals surface area (Å²) in [5.41, 5.74) is 4.31. The Morgan fingerprint density at radius 3 is 2.30 bits per heavy atom. The molecular weight excluding hydrogens is 380 g/mol. The van der Waals surface area contributed by atoms with Gasteiger partial charge in [-0.15, -0.1) is 0 Å². The van der Waals surface area contributed by atoms with Crippen molar-refractivity contribution in [2.24, 2.45) is 0 Å². The van der Waals surface area contributed by atoms with Crippen LogP contribution in [0.15, 0.2) is 65.1 Å². The van der Waals surface area contributed by atoms with Crippen molar-refractivity contribution in [3.8, 4) is 16.9 Å². The van der Waals surface area contributed by atoms with Crippen LogP contribution in [0, 0.1) is 0 Å². The van der Waals surface area contributed by atoms with E-state index < -0.39 is 0 Å². The van der Waals surface area contributed by atoms with Gasteiger partial charge in [0.15, 0.2) is 0 Å². The molecule has 0 aliphatic carbocycles. The largest absolute Gasteiger partial charge is 0.236 e. The van der Waals surface area contributed by atoms with Crippen molar-refractivity contribution in [3.05, 3.63) is 70.8 Å². The molecule has 0 N–H and O–H groups in total. The van der Waals surface area contributed by atoms with Gasteiger partial charge < -0.3 is 0 Å². The van der Waals surface area contributed by atoms with Crippen LogP contribution in [0.3, 0.4) is 0 Å². The van der Waals surface area contributed by atoms with Crippen LogP contribution in [0.4, 0.5) is 0 Å². The van der Waals surface area contributed by atoms with Crippen molar-refractivity contribution < 1.29 is 0 Å². The van der Waals surface area contributed by atoms with E-state index in [1.807, 2.05) is 35.0 Å². The van der Waals surface area contributed by atoms with Gasteiger partial charge in [-0.25, -0.2) is 4.68 Å². The summed E-state index contributed by atoms with van der Waals surface area (Å²) in [6.45, 7) is 0. The number of aromatic nitrogens is 2. The fourth-order valence-corrected chi connectivity index (χ4v) is 2.73. The molecule has 0 spiro atoms. The summed E-state index contributed by atoms with van der Waals surface area (Å²) < 4.78 is 3.04. The summed E-state index contributed by atoms with van der Waals surface area (Å²) in [5.74, 6) is 0. The summed E-state index contributed by atoms with van der Waals surface area (Å²) >= 11 is 6.99. The summed E-state index contributed by atoms with van der Waals surface area (Å²) in [7, 11) is 0. The average Bonchev–Trinajstić information content (AvgIpc) is 2.93. The van der Waals surface area contributed by atoms with Gasteiger partial charge >= 0.3 is 0 Å². The standard InChI is InChI=1S/C16H12Br2N2/c17-11-15-10-16(12-4-2-1-3-5-12)19-20(15)14-8-6-13(18)7-9-14/h1-10H,11H2. The van der Waals surface area contributed by atoms with E-state index in [1.165, 1.54) is 0 Å². The smallest absolute Gasteiger partial charge is 0.0930 e. The van der Waals surface area contributed by atoms with Gasteiger partial charge in [0.1, 0.15) is 0 Å². The molecule has 2 nitrogen and oxygen atoms in total. The minimum absolute atomic E-state index is 0.767. The normalized spacial score (nSPS) is 10.7. The molecule has 4 heteroatoms. The third kappa shape index (κ3) is 2.72. The molecule has 0 aliphatic heterocycles. The molecule has 20 heavy (non-hydrogen) atoms. The number of nitrogens with zero attached hydrogens (tertiary/aromatic N) is 2. The Morgan fingerprint density at radius 2 is 1.65 bits per heavy atom. The van der Waals surface area contributed by atoms with Gasteiger partial charge in [0, 0.05) is 15.4 Å². The van der Waals surface area contributed by atoms with Crippen LogP contribution >= 0.6 is 31.9 Å². The van der Waals surface area contributed by atoms with Crippen molar-refractivity contribution in [3.63, 3.8) is 0 Å². The predicted molar refractivity (Wildman–Crippen MR) is 89.3 cm³/mol. The maximum atomic E-state index is 4.72. The van der Waals surface area contributed by atoms with Gasteiger partial charge in [-0.1, -0.05) is 62.2 Å². The number of benzene rings is 2. The monoisotopic (exact) mass is 390 g/mol.